The van der Waals surface area contributed by atoms with Crippen LogP contribution < -0.4 is 15.4 Å². The molecule has 0 aliphatic carbocycles. The van der Waals surface area contributed by atoms with Crippen LogP contribution in [0.1, 0.15) is 15.9 Å². The number of nitrogens with zero attached hydrogens (tertiary/aromatic N) is 5. The average Bonchev–Trinajstić information content (AvgIpc) is 3.56. The van der Waals surface area contributed by atoms with Gasteiger partial charge in [-0.25, -0.2) is 4.68 Å². The molecule has 0 bridgehead atoms. The first-order valence-electron chi connectivity index (χ1n) is 10.4. The molecule has 0 radical (unpaired) electrons. The van der Waals surface area contributed by atoms with Gasteiger partial charge in [-0.3, -0.25) is 14.6 Å². The van der Waals surface area contributed by atoms with E-state index >= 15 is 0 Å². The van der Waals surface area contributed by atoms with Crippen molar-refractivity contribution in [2.45, 2.75) is 6.92 Å². The Balaban J connectivity index is 1.41. The number of ether oxygens (including phenoxy) is 1. The summed E-state index contributed by atoms with van der Waals surface area (Å²) in [5, 5.41) is 23.1. The Labute approximate surface area is 199 Å². The molecule has 0 unspecified atom stereocenters. The summed E-state index contributed by atoms with van der Waals surface area (Å²) in [4.78, 5) is 12.7. The van der Waals surface area contributed by atoms with Gasteiger partial charge in [-0.2, -0.15) is 10.2 Å². The van der Waals surface area contributed by atoms with Gasteiger partial charge in [0.25, 0.3) is 5.91 Å². The summed E-state index contributed by atoms with van der Waals surface area (Å²) in [6.07, 6.45) is 6.87. The lowest BCUT2D eigenvalue weighted by atomic mass is 10.1. The van der Waals surface area contributed by atoms with E-state index in [9.17, 15) is 4.79 Å². The topological polar surface area (TPSA) is 115 Å². The molecular weight excluding hydrogens is 456 g/mol. The third-order valence-electron chi connectivity index (χ3n) is 5.37. The summed E-state index contributed by atoms with van der Waals surface area (Å²) < 4.78 is 8.82. The van der Waals surface area contributed by atoms with Crippen LogP contribution in [0.2, 0.25) is 5.02 Å². The largest absolute Gasteiger partial charge is 0.496 e. The van der Waals surface area contributed by atoms with Crippen molar-refractivity contribution in [3.8, 4) is 11.4 Å². The predicted molar refractivity (Wildman–Crippen MR) is 130 cm³/mol. The van der Waals surface area contributed by atoms with Crippen LogP contribution in [-0.2, 0) is 7.05 Å². The number of aryl methyl sites for hydroxylation is 2. The van der Waals surface area contributed by atoms with Crippen molar-refractivity contribution in [2.24, 2.45) is 7.05 Å². The van der Waals surface area contributed by atoms with Crippen molar-refractivity contribution in [2.75, 3.05) is 17.7 Å². The van der Waals surface area contributed by atoms with E-state index < -0.39 is 0 Å². The molecule has 3 N–H and O–H groups in total. The fraction of sp³-hybridized carbons (Fsp3) is 0.130. The van der Waals surface area contributed by atoms with Gasteiger partial charge in [-0.1, -0.05) is 11.6 Å². The molecule has 1 amide bonds. The summed E-state index contributed by atoms with van der Waals surface area (Å²) in [7, 11) is 3.30. The normalized spacial score (nSPS) is 11.1. The number of fused-ring (bicyclic) bond motifs is 1. The third-order valence-corrected chi connectivity index (χ3v) is 5.77. The highest BCUT2D eigenvalue weighted by molar-refractivity contribution is 6.38. The summed E-state index contributed by atoms with van der Waals surface area (Å²) in [5.74, 6) is 0.789. The standard InChI is InChI=1S/C23H21ClN8O2/c1-13-11-32(30-22(13)28-19-7-6-18-17(21(19)24)10-25-29-18)15-4-5-16(20(8-15)34-3)23(33)27-14-9-26-31(2)12-14/h4-12H,1-3H3,(H,25,29)(H,27,33)(H,28,30). The van der Waals surface area contributed by atoms with E-state index in [1.54, 1.807) is 53.2 Å². The second-order valence-corrected chi connectivity index (χ2v) is 8.11. The Morgan fingerprint density at radius 1 is 1.18 bits per heavy atom. The molecule has 0 atom stereocenters. The molecule has 172 valence electrons. The molecule has 5 rings (SSSR count). The Morgan fingerprint density at radius 3 is 2.79 bits per heavy atom. The van der Waals surface area contributed by atoms with Gasteiger partial charge in [0.2, 0.25) is 0 Å². The maximum Gasteiger partial charge on any atom is 0.259 e. The Morgan fingerprint density at radius 2 is 2.03 bits per heavy atom. The first-order chi connectivity index (χ1) is 16.4. The molecule has 3 heterocycles. The molecule has 0 fully saturated rings. The number of amides is 1. The minimum absolute atomic E-state index is 0.292. The van der Waals surface area contributed by atoms with Crippen LogP contribution in [0.4, 0.5) is 17.2 Å². The number of hydrogen-bond acceptors (Lipinski definition) is 6. The first kappa shape index (κ1) is 21.5. The van der Waals surface area contributed by atoms with Crippen LogP contribution in [-0.4, -0.2) is 42.8 Å². The van der Waals surface area contributed by atoms with Gasteiger partial charge in [-0.05, 0) is 31.2 Å². The lowest BCUT2D eigenvalue weighted by molar-refractivity contribution is 0.102. The first-order valence-corrected chi connectivity index (χ1v) is 10.7. The second-order valence-electron chi connectivity index (χ2n) is 7.73. The number of carbonyl (C=O) groups excluding carboxylic acids is 1. The van der Waals surface area contributed by atoms with Crippen LogP contribution in [0.5, 0.6) is 5.75 Å². The zero-order valence-corrected chi connectivity index (χ0v) is 19.4. The van der Waals surface area contributed by atoms with Crippen LogP contribution in [0.3, 0.4) is 0 Å². The SMILES string of the molecule is COc1cc(-n2cc(C)c(Nc3ccc4[nH]ncc4c3Cl)n2)ccc1C(=O)Nc1cnn(C)c1. The molecule has 0 aliphatic rings. The maximum atomic E-state index is 12.7. The van der Waals surface area contributed by atoms with Gasteiger partial charge in [0.05, 0.1) is 52.7 Å². The van der Waals surface area contributed by atoms with E-state index in [4.69, 9.17) is 16.3 Å². The van der Waals surface area contributed by atoms with Gasteiger partial charge >= 0.3 is 0 Å². The van der Waals surface area contributed by atoms with Crippen LogP contribution in [0, 0.1) is 6.92 Å². The minimum Gasteiger partial charge on any atom is -0.496 e. The fourth-order valence-corrected chi connectivity index (χ4v) is 3.88. The summed E-state index contributed by atoms with van der Waals surface area (Å²) >= 11 is 6.54. The van der Waals surface area contributed by atoms with Gasteiger partial charge in [0.15, 0.2) is 5.82 Å². The Bertz CT molecular complexity index is 1520. The van der Waals surface area contributed by atoms with Crippen LogP contribution >= 0.6 is 11.6 Å². The van der Waals surface area contributed by atoms with Crippen molar-refractivity contribution in [1.29, 1.82) is 0 Å². The number of carbonyl (C=O) groups is 1. The van der Waals surface area contributed by atoms with E-state index in [1.165, 1.54) is 7.11 Å². The van der Waals surface area contributed by atoms with Crippen molar-refractivity contribution < 1.29 is 9.53 Å². The number of rotatable bonds is 6. The number of aromatic nitrogens is 6. The highest BCUT2D eigenvalue weighted by Gasteiger charge is 2.16. The zero-order valence-electron chi connectivity index (χ0n) is 18.6. The molecule has 11 heteroatoms. The number of benzene rings is 2. The second kappa shape index (κ2) is 8.56. The molecule has 34 heavy (non-hydrogen) atoms. The van der Waals surface area contributed by atoms with Crippen LogP contribution in [0.25, 0.3) is 16.6 Å². The molecule has 0 aliphatic heterocycles. The molecule has 0 spiro atoms. The zero-order chi connectivity index (χ0) is 23.8. The van der Waals surface area contributed by atoms with Crippen molar-refractivity contribution in [3.05, 3.63) is 71.3 Å². The predicted octanol–water partition coefficient (Wildman–Crippen LogP) is 4.45. The number of hydrogen-bond donors (Lipinski definition) is 3. The van der Waals surface area contributed by atoms with Gasteiger partial charge in [0, 0.05) is 36.5 Å². The van der Waals surface area contributed by atoms with E-state index in [-0.39, 0.29) is 5.91 Å². The summed E-state index contributed by atoms with van der Waals surface area (Å²) in [5.41, 5.74) is 4.24. The number of H-pyrrole nitrogens is 1. The number of nitrogens with one attached hydrogen (secondary N) is 3. The number of halogens is 1. The highest BCUT2D eigenvalue weighted by Crippen LogP contribution is 2.33. The lowest BCUT2D eigenvalue weighted by Crippen LogP contribution is -2.13. The molecule has 0 saturated carbocycles. The minimum atomic E-state index is -0.292. The third kappa shape index (κ3) is 3.95. The monoisotopic (exact) mass is 476 g/mol. The highest BCUT2D eigenvalue weighted by atomic mass is 35.5. The van der Waals surface area contributed by atoms with E-state index in [2.05, 4.69) is 31.0 Å². The van der Waals surface area contributed by atoms with Gasteiger partial charge in [0.1, 0.15) is 5.75 Å². The molecule has 2 aromatic carbocycles. The Hall–Kier alpha value is -4.31. The molecule has 3 aromatic heterocycles. The molecule has 5 aromatic rings. The van der Waals surface area contributed by atoms with Gasteiger partial charge < -0.3 is 15.4 Å². The molecule has 10 nitrogen and oxygen atoms in total. The molecular formula is C23H21ClN8O2. The number of anilines is 3. The lowest BCUT2D eigenvalue weighted by Gasteiger charge is -2.11. The summed E-state index contributed by atoms with van der Waals surface area (Å²) in [6, 6.07) is 9.05. The fourth-order valence-electron chi connectivity index (χ4n) is 3.62. The van der Waals surface area contributed by atoms with E-state index in [0.29, 0.717) is 27.8 Å². The smallest absolute Gasteiger partial charge is 0.259 e. The quantitative estimate of drug-likeness (QED) is 0.333. The van der Waals surface area contributed by atoms with Crippen molar-refractivity contribution in [1.82, 2.24) is 29.8 Å². The van der Waals surface area contributed by atoms with E-state index in [1.807, 2.05) is 25.3 Å². The molecule has 0 saturated heterocycles. The number of aromatic amines is 1. The van der Waals surface area contributed by atoms with Crippen LogP contribution in [0.15, 0.2) is 55.1 Å². The summed E-state index contributed by atoms with van der Waals surface area (Å²) in [6.45, 7) is 1.95. The number of methoxy groups -OCH3 is 1. The Kier molecular flexibility index (Phi) is 5.42. The van der Waals surface area contributed by atoms with Crippen molar-refractivity contribution >= 4 is 45.6 Å². The van der Waals surface area contributed by atoms with E-state index in [0.717, 1.165) is 27.8 Å². The average molecular weight is 477 g/mol. The maximum absolute atomic E-state index is 12.7. The van der Waals surface area contributed by atoms with Gasteiger partial charge in [-0.15, -0.1) is 5.10 Å². The van der Waals surface area contributed by atoms with Crippen molar-refractivity contribution in [3.63, 3.8) is 0 Å².